The lowest BCUT2D eigenvalue weighted by atomic mass is 10.00. The van der Waals surface area contributed by atoms with Gasteiger partial charge in [0.1, 0.15) is 0 Å². The number of nitro benzene ring substituents is 1. The average Bonchev–Trinajstić information content (AvgIpc) is 2.19. The first kappa shape index (κ1) is 12.7. The molecule has 0 N–H and O–H groups in total. The summed E-state index contributed by atoms with van der Waals surface area (Å²) in [5.74, 6) is 0.322. The van der Waals surface area contributed by atoms with Crippen molar-refractivity contribution in [1.29, 1.82) is 5.26 Å². The number of rotatable bonds is 3. The summed E-state index contributed by atoms with van der Waals surface area (Å²) in [6.07, 6.45) is 0.614. The molecule has 1 rings (SSSR count). The molecule has 0 fully saturated rings. The minimum absolute atomic E-state index is 0.0135. The van der Waals surface area contributed by atoms with E-state index < -0.39 is 4.92 Å². The molecule has 0 bridgehead atoms. The van der Waals surface area contributed by atoms with E-state index in [0.29, 0.717) is 27.9 Å². The lowest BCUT2D eigenvalue weighted by Gasteiger charge is -2.08. The third-order valence-electron chi connectivity index (χ3n) is 2.11. The number of nitrogens with zero attached hydrogens (tertiary/aromatic N) is 2. The molecule has 4 nitrogen and oxygen atoms in total. The Bertz CT molecular complexity index is 464. The standard InChI is InChI=1S/C11H11BrN2O2/c1-7(2)3-9-10(12)4-8(6-13)5-11(9)14(15)16/h4-5,7H,3H2,1-2H3. The van der Waals surface area contributed by atoms with Crippen LogP contribution in [-0.2, 0) is 6.42 Å². The maximum Gasteiger partial charge on any atom is 0.275 e. The molecule has 0 saturated carbocycles. The van der Waals surface area contributed by atoms with Crippen LogP contribution in [0.25, 0.3) is 0 Å². The fraction of sp³-hybridized carbons (Fsp3) is 0.364. The van der Waals surface area contributed by atoms with Gasteiger partial charge in [-0.1, -0.05) is 29.8 Å². The molecule has 84 valence electrons. The van der Waals surface area contributed by atoms with E-state index in [4.69, 9.17) is 5.26 Å². The normalized spacial score (nSPS) is 10.2. The van der Waals surface area contributed by atoms with Crippen LogP contribution in [0.15, 0.2) is 16.6 Å². The van der Waals surface area contributed by atoms with Crippen LogP contribution in [0, 0.1) is 27.4 Å². The van der Waals surface area contributed by atoms with Gasteiger partial charge in [-0.05, 0) is 18.4 Å². The van der Waals surface area contributed by atoms with Gasteiger partial charge in [0.25, 0.3) is 5.69 Å². The van der Waals surface area contributed by atoms with Gasteiger partial charge in [-0.3, -0.25) is 10.1 Å². The molecular weight excluding hydrogens is 272 g/mol. The van der Waals surface area contributed by atoms with Crippen LogP contribution in [0.2, 0.25) is 0 Å². The van der Waals surface area contributed by atoms with Crippen LogP contribution in [0.3, 0.4) is 0 Å². The number of hydrogen-bond acceptors (Lipinski definition) is 3. The van der Waals surface area contributed by atoms with E-state index in [2.05, 4.69) is 15.9 Å². The number of benzene rings is 1. The van der Waals surface area contributed by atoms with E-state index in [0.717, 1.165) is 0 Å². The van der Waals surface area contributed by atoms with Crippen LogP contribution in [0.5, 0.6) is 0 Å². The summed E-state index contributed by atoms with van der Waals surface area (Å²) >= 11 is 3.28. The van der Waals surface area contributed by atoms with Crippen molar-refractivity contribution in [1.82, 2.24) is 0 Å². The zero-order valence-electron chi connectivity index (χ0n) is 9.03. The Labute approximate surface area is 102 Å². The van der Waals surface area contributed by atoms with E-state index >= 15 is 0 Å². The highest BCUT2D eigenvalue weighted by Gasteiger charge is 2.19. The predicted molar refractivity (Wildman–Crippen MR) is 64.1 cm³/mol. The first-order valence-electron chi connectivity index (χ1n) is 4.82. The van der Waals surface area contributed by atoms with E-state index in [9.17, 15) is 10.1 Å². The van der Waals surface area contributed by atoms with E-state index in [1.165, 1.54) is 6.07 Å². The molecule has 0 heterocycles. The molecule has 0 unspecified atom stereocenters. The van der Waals surface area contributed by atoms with Crippen molar-refractivity contribution in [3.8, 4) is 6.07 Å². The van der Waals surface area contributed by atoms with Crippen molar-refractivity contribution in [2.24, 2.45) is 5.92 Å². The van der Waals surface area contributed by atoms with Gasteiger partial charge in [0.05, 0.1) is 16.6 Å². The van der Waals surface area contributed by atoms with Crippen molar-refractivity contribution < 1.29 is 4.92 Å². The molecule has 0 atom stereocenters. The van der Waals surface area contributed by atoms with Crippen LogP contribution >= 0.6 is 15.9 Å². The minimum Gasteiger partial charge on any atom is -0.258 e. The number of nitriles is 1. The molecule has 1 aromatic carbocycles. The van der Waals surface area contributed by atoms with E-state index in [1.807, 2.05) is 19.9 Å². The summed E-state index contributed by atoms with van der Waals surface area (Å²) in [6.45, 7) is 3.99. The molecule has 0 spiro atoms. The van der Waals surface area contributed by atoms with Gasteiger partial charge in [-0.15, -0.1) is 0 Å². The van der Waals surface area contributed by atoms with Crippen molar-refractivity contribution >= 4 is 21.6 Å². The molecule has 0 aromatic heterocycles. The molecule has 1 aromatic rings. The molecule has 0 aliphatic heterocycles. The minimum atomic E-state index is -0.441. The second kappa shape index (κ2) is 5.08. The largest absolute Gasteiger partial charge is 0.275 e. The molecule has 0 aliphatic carbocycles. The van der Waals surface area contributed by atoms with Gasteiger partial charge in [-0.25, -0.2) is 0 Å². The molecule has 0 amide bonds. The molecule has 0 radical (unpaired) electrons. The molecule has 16 heavy (non-hydrogen) atoms. The quantitative estimate of drug-likeness (QED) is 0.630. The number of nitro groups is 1. The number of halogens is 1. The maximum atomic E-state index is 10.9. The first-order chi connectivity index (χ1) is 7.45. The maximum absolute atomic E-state index is 10.9. The molecule has 5 heteroatoms. The van der Waals surface area contributed by atoms with Crippen LogP contribution in [-0.4, -0.2) is 4.92 Å². The van der Waals surface area contributed by atoms with E-state index in [-0.39, 0.29) is 5.69 Å². The Morgan fingerprint density at radius 1 is 1.56 bits per heavy atom. The molecule has 0 aliphatic rings. The van der Waals surface area contributed by atoms with Gasteiger partial charge in [0.2, 0.25) is 0 Å². The van der Waals surface area contributed by atoms with Crippen LogP contribution in [0.4, 0.5) is 5.69 Å². The SMILES string of the molecule is CC(C)Cc1c(Br)cc(C#N)cc1[N+](=O)[O-]. The summed E-state index contributed by atoms with van der Waals surface area (Å²) in [5, 5.41) is 19.6. The summed E-state index contributed by atoms with van der Waals surface area (Å²) in [7, 11) is 0. The Morgan fingerprint density at radius 2 is 2.19 bits per heavy atom. The Hall–Kier alpha value is -1.41. The van der Waals surface area contributed by atoms with E-state index in [1.54, 1.807) is 6.07 Å². The Kier molecular flexibility index (Phi) is 4.02. The molecular formula is C11H11BrN2O2. The lowest BCUT2D eigenvalue weighted by Crippen LogP contribution is -2.02. The summed E-state index contributed by atoms with van der Waals surface area (Å²) in [5.41, 5.74) is 0.963. The summed E-state index contributed by atoms with van der Waals surface area (Å²) in [4.78, 5) is 10.5. The van der Waals surface area contributed by atoms with Gasteiger partial charge in [0, 0.05) is 16.1 Å². The third-order valence-corrected chi connectivity index (χ3v) is 2.82. The predicted octanol–water partition coefficient (Wildman–Crippen LogP) is 3.43. The Balaban J connectivity index is 3.35. The summed E-state index contributed by atoms with van der Waals surface area (Å²) in [6, 6.07) is 4.85. The monoisotopic (exact) mass is 282 g/mol. The molecule has 0 saturated heterocycles. The lowest BCUT2D eigenvalue weighted by molar-refractivity contribution is -0.385. The number of hydrogen-bond donors (Lipinski definition) is 0. The average molecular weight is 283 g/mol. The third kappa shape index (κ3) is 2.80. The van der Waals surface area contributed by atoms with Crippen LogP contribution < -0.4 is 0 Å². The first-order valence-corrected chi connectivity index (χ1v) is 5.62. The summed E-state index contributed by atoms with van der Waals surface area (Å²) < 4.78 is 0.631. The zero-order valence-corrected chi connectivity index (χ0v) is 10.6. The fourth-order valence-corrected chi connectivity index (χ4v) is 2.07. The van der Waals surface area contributed by atoms with Crippen molar-refractivity contribution in [3.63, 3.8) is 0 Å². The Morgan fingerprint density at radius 3 is 2.62 bits per heavy atom. The van der Waals surface area contributed by atoms with Crippen LogP contribution in [0.1, 0.15) is 25.0 Å². The van der Waals surface area contributed by atoms with Gasteiger partial charge in [0.15, 0.2) is 0 Å². The van der Waals surface area contributed by atoms with Crippen molar-refractivity contribution in [3.05, 3.63) is 37.8 Å². The zero-order chi connectivity index (χ0) is 12.3. The van der Waals surface area contributed by atoms with Gasteiger partial charge in [-0.2, -0.15) is 5.26 Å². The highest BCUT2D eigenvalue weighted by atomic mass is 79.9. The smallest absolute Gasteiger partial charge is 0.258 e. The highest BCUT2D eigenvalue weighted by Crippen LogP contribution is 2.30. The second-order valence-corrected chi connectivity index (χ2v) is 4.78. The second-order valence-electron chi connectivity index (χ2n) is 3.92. The fourth-order valence-electron chi connectivity index (χ4n) is 1.46. The van der Waals surface area contributed by atoms with Gasteiger partial charge >= 0.3 is 0 Å². The topological polar surface area (TPSA) is 66.9 Å². The van der Waals surface area contributed by atoms with Gasteiger partial charge < -0.3 is 0 Å². The highest BCUT2D eigenvalue weighted by molar-refractivity contribution is 9.10. The van der Waals surface area contributed by atoms with Crippen molar-refractivity contribution in [2.45, 2.75) is 20.3 Å². The van der Waals surface area contributed by atoms with Crippen molar-refractivity contribution in [2.75, 3.05) is 0 Å².